The van der Waals surface area contributed by atoms with Crippen molar-refractivity contribution < 1.29 is 24.1 Å². The first-order valence-corrected chi connectivity index (χ1v) is 7.68. The molecule has 0 radical (unpaired) electrons. The monoisotopic (exact) mass is 331 g/mol. The molecule has 128 valence electrons. The minimum absolute atomic E-state index is 0.0677. The van der Waals surface area contributed by atoms with Crippen LogP contribution in [0.2, 0.25) is 0 Å². The van der Waals surface area contributed by atoms with Crippen molar-refractivity contribution in [1.82, 2.24) is 4.98 Å². The van der Waals surface area contributed by atoms with Crippen molar-refractivity contribution >= 4 is 5.97 Å². The number of aliphatic carboxylic acids is 1. The van der Waals surface area contributed by atoms with Crippen LogP contribution in [-0.2, 0) is 16.1 Å². The molecule has 1 atom stereocenters. The summed E-state index contributed by atoms with van der Waals surface area (Å²) in [7, 11) is 1.57. The van der Waals surface area contributed by atoms with Gasteiger partial charge in [-0.1, -0.05) is 18.2 Å². The summed E-state index contributed by atoms with van der Waals surface area (Å²) >= 11 is 0. The molecule has 1 heterocycles. The van der Waals surface area contributed by atoms with Crippen LogP contribution >= 0.6 is 0 Å². The summed E-state index contributed by atoms with van der Waals surface area (Å²) in [5, 5.41) is 8.96. The number of carbonyl (C=O) groups is 1. The van der Waals surface area contributed by atoms with Gasteiger partial charge in [-0.3, -0.25) is 4.79 Å². The second-order valence-electron chi connectivity index (χ2n) is 5.07. The second-order valence-corrected chi connectivity index (χ2v) is 5.07. The Balaban J connectivity index is 1.98. The summed E-state index contributed by atoms with van der Waals surface area (Å²) < 4.78 is 16.3. The Morgan fingerprint density at radius 3 is 2.58 bits per heavy atom. The summed E-state index contributed by atoms with van der Waals surface area (Å²) in [5.41, 5.74) is 1.57. The molecule has 0 fully saturated rings. The smallest absolute Gasteiger partial charge is 0.306 e. The summed E-state index contributed by atoms with van der Waals surface area (Å²) in [6, 6.07) is 12.7. The van der Waals surface area contributed by atoms with Crippen molar-refractivity contribution in [1.29, 1.82) is 0 Å². The molecule has 0 spiro atoms. The number of aromatic nitrogens is 1. The number of rotatable bonds is 9. The highest BCUT2D eigenvalue weighted by Gasteiger charge is 2.15. The number of ether oxygens (including phenoxy) is 3. The molecule has 2 aromatic rings. The topological polar surface area (TPSA) is 77.9 Å². The van der Waals surface area contributed by atoms with Gasteiger partial charge in [0.25, 0.3) is 0 Å². The molecule has 1 aromatic heterocycles. The molecular weight excluding hydrogens is 310 g/mol. The number of methoxy groups -OCH3 is 1. The lowest BCUT2D eigenvalue weighted by molar-refractivity contribution is -0.140. The van der Waals surface area contributed by atoms with Gasteiger partial charge in [-0.05, 0) is 30.7 Å². The van der Waals surface area contributed by atoms with Crippen LogP contribution in [0.3, 0.4) is 0 Å². The number of hydrogen-bond donors (Lipinski definition) is 1. The Labute approximate surface area is 141 Å². The van der Waals surface area contributed by atoms with E-state index in [1.165, 1.54) is 0 Å². The highest BCUT2D eigenvalue weighted by molar-refractivity contribution is 5.67. The van der Waals surface area contributed by atoms with Crippen molar-refractivity contribution in [3.63, 3.8) is 0 Å². The highest BCUT2D eigenvalue weighted by Crippen LogP contribution is 2.24. The minimum Gasteiger partial charge on any atom is -0.487 e. The largest absolute Gasteiger partial charge is 0.487 e. The first kappa shape index (κ1) is 17.7. The molecule has 24 heavy (non-hydrogen) atoms. The fourth-order valence-electron chi connectivity index (χ4n) is 2.22. The Bertz CT molecular complexity index is 657. The van der Waals surface area contributed by atoms with Gasteiger partial charge in [0.15, 0.2) is 0 Å². The summed E-state index contributed by atoms with van der Waals surface area (Å²) in [6.45, 7) is 2.62. The number of pyridine rings is 1. The van der Waals surface area contributed by atoms with E-state index in [1.54, 1.807) is 25.3 Å². The molecule has 6 nitrogen and oxygen atoms in total. The van der Waals surface area contributed by atoms with Gasteiger partial charge in [0.1, 0.15) is 12.4 Å². The highest BCUT2D eigenvalue weighted by atomic mass is 16.5. The number of carboxylic acid groups (broad SMARTS) is 1. The zero-order valence-corrected chi connectivity index (χ0v) is 13.8. The van der Waals surface area contributed by atoms with Gasteiger partial charge >= 0.3 is 5.97 Å². The third-order valence-electron chi connectivity index (χ3n) is 3.36. The average molecular weight is 331 g/mol. The van der Waals surface area contributed by atoms with Gasteiger partial charge in [0, 0.05) is 12.7 Å². The van der Waals surface area contributed by atoms with Crippen LogP contribution in [0.25, 0.3) is 0 Å². The normalized spacial score (nSPS) is 11.8. The lowest BCUT2D eigenvalue weighted by Crippen LogP contribution is -2.10. The maximum Gasteiger partial charge on any atom is 0.306 e. The van der Waals surface area contributed by atoms with Crippen LogP contribution in [0.1, 0.15) is 30.7 Å². The van der Waals surface area contributed by atoms with Crippen molar-refractivity contribution in [2.45, 2.75) is 26.1 Å². The van der Waals surface area contributed by atoms with E-state index in [4.69, 9.17) is 19.3 Å². The van der Waals surface area contributed by atoms with Crippen molar-refractivity contribution in [2.75, 3.05) is 13.7 Å². The van der Waals surface area contributed by atoms with Crippen molar-refractivity contribution in [3.05, 3.63) is 53.7 Å². The number of benzene rings is 1. The van der Waals surface area contributed by atoms with E-state index in [-0.39, 0.29) is 6.42 Å². The third kappa shape index (κ3) is 5.24. The molecule has 0 bridgehead atoms. The lowest BCUT2D eigenvalue weighted by Gasteiger charge is -2.16. The predicted molar refractivity (Wildman–Crippen MR) is 88.2 cm³/mol. The van der Waals surface area contributed by atoms with E-state index in [2.05, 4.69) is 4.98 Å². The van der Waals surface area contributed by atoms with Gasteiger partial charge in [-0.2, -0.15) is 0 Å². The molecule has 1 unspecified atom stereocenters. The standard InChI is InChI=1S/C18H21NO5/c1-3-23-16(11-18(20)21)13-7-9-15(10-8-13)24-12-14-5-4-6-17(19-14)22-2/h4-10,16H,3,11-12H2,1-2H3,(H,20,21). The predicted octanol–water partition coefficient (Wildman–Crippen LogP) is 3.22. The van der Waals surface area contributed by atoms with Crippen LogP contribution in [0.4, 0.5) is 0 Å². The second kappa shape index (κ2) is 8.88. The Morgan fingerprint density at radius 2 is 1.96 bits per heavy atom. The molecule has 0 aliphatic heterocycles. The zero-order valence-electron chi connectivity index (χ0n) is 13.8. The molecule has 0 amide bonds. The number of hydrogen-bond acceptors (Lipinski definition) is 5. The van der Waals surface area contributed by atoms with Crippen LogP contribution in [0.15, 0.2) is 42.5 Å². The van der Waals surface area contributed by atoms with Gasteiger partial charge in [0.05, 0.1) is 25.3 Å². The molecule has 0 saturated carbocycles. The van der Waals surface area contributed by atoms with Crippen LogP contribution in [0, 0.1) is 0 Å². The van der Waals surface area contributed by atoms with E-state index in [1.807, 2.05) is 31.2 Å². The molecule has 1 aromatic carbocycles. The maximum atomic E-state index is 10.9. The number of carboxylic acids is 1. The first-order chi connectivity index (χ1) is 11.6. The van der Waals surface area contributed by atoms with Gasteiger partial charge in [-0.25, -0.2) is 4.98 Å². The quantitative estimate of drug-likeness (QED) is 0.760. The van der Waals surface area contributed by atoms with Gasteiger partial charge in [-0.15, -0.1) is 0 Å². The number of nitrogens with zero attached hydrogens (tertiary/aromatic N) is 1. The molecule has 2 rings (SSSR count). The lowest BCUT2D eigenvalue weighted by atomic mass is 10.1. The van der Waals surface area contributed by atoms with Crippen LogP contribution in [-0.4, -0.2) is 29.8 Å². The fourth-order valence-corrected chi connectivity index (χ4v) is 2.22. The Hall–Kier alpha value is -2.60. The summed E-state index contributed by atoms with van der Waals surface area (Å²) in [6.07, 6.45) is -0.525. The van der Waals surface area contributed by atoms with Crippen LogP contribution in [0.5, 0.6) is 11.6 Å². The molecular formula is C18H21NO5. The Morgan fingerprint density at radius 1 is 1.21 bits per heavy atom. The van der Waals surface area contributed by atoms with E-state index >= 15 is 0 Å². The summed E-state index contributed by atoms with van der Waals surface area (Å²) in [5.74, 6) is 0.325. The third-order valence-corrected chi connectivity index (χ3v) is 3.36. The van der Waals surface area contributed by atoms with Crippen LogP contribution < -0.4 is 9.47 Å². The molecule has 0 aliphatic rings. The zero-order chi connectivity index (χ0) is 17.4. The van der Waals surface area contributed by atoms with Crippen molar-refractivity contribution in [3.8, 4) is 11.6 Å². The minimum atomic E-state index is -0.891. The average Bonchev–Trinajstić information content (AvgIpc) is 2.60. The Kier molecular flexibility index (Phi) is 6.57. The SMILES string of the molecule is CCOC(CC(=O)O)c1ccc(OCc2cccc(OC)n2)cc1. The van der Waals surface area contributed by atoms with Gasteiger partial charge in [0.2, 0.25) is 5.88 Å². The first-order valence-electron chi connectivity index (χ1n) is 7.68. The molecule has 0 aliphatic carbocycles. The summed E-state index contributed by atoms with van der Waals surface area (Å²) in [4.78, 5) is 15.2. The van der Waals surface area contributed by atoms with Gasteiger partial charge < -0.3 is 19.3 Å². The van der Waals surface area contributed by atoms with E-state index in [0.717, 1.165) is 11.3 Å². The molecule has 1 N–H and O–H groups in total. The van der Waals surface area contributed by atoms with E-state index < -0.39 is 12.1 Å². The maximum absolute atomic E-state index is 10.9. The van der Waals surface area contributed by atoms with E-state index in [0.29, 0.717) is 24.8 Å². The van der Waals surface area contributed by atoms with E-state index in [9.17, 15) is 4.79 Å². The fraction of sp³-hybridized carbons (Fsp3) is 0.333. The molecule has 6 heteroatoms. The molecule has 0 saturated heterocycles. The van der Waals surface area contributed by atoms with Crippen molar-refractivity contribution in [2.24, 2.45) is 0 Å².